The standard InChI is InChI=1S/C27H36N6O5/c1-6-20-11-19(8-9-37-20)33(27(35)36-7-2)24-23-21(38-26(24)25(34)17(12-28)13-29-4)10-16(3)22(31-23)18-14-30-32(5)15-18/h10,12-13,15,19-20,30H,6-9,11,14,28H2,1-5H3/t19-,20-/m0/s1. The zero-order valence-corrected chi connectivity index (χ0v) is 22.6. The van der Waals surface area contributed by atoms with Crippen LogP contribution < -0.4 is 16.1 Å². The maximum atomic E-state index is 13.7. The molecule has 2 aliphatic heterocycles. The van der Waals surface area contributed by atoms with Gasteiger partial charge < -0.3 is 24.6 Å². The van der Waals surface area contributed by atoms with Crippen molar-refractivity contribution in [2.24, 2.45) is 10.7 Å². The van der Waals surface area contributed by atoms with Crippen LogP contribution in [-0.2, 0) is 9.47 Å². The van der Waals surface area contributed by atoms with Crippen molar-refractivity contribution in [1.29, 1.82) is 0 Å². The number of rotatable bonds is 8. The van der Waals surface area contributed by atoms with Crippen molar-refractivity contribution >= 4 is 40.5 Å². The molecule has 2 aliphatic rings. The number of ketones is 1. The van der Waals surface area contributed by atoms with Crippen molar-refractivity contribution in [1.82, 2.24) is 15.4 Å². The summed E-state index contributed by atoms with van der Waals surface area (Å²) in [5.74, 6) is -0.538. The molecule has 0 unspecified atom stereocenters. The van der Waals surface area contributed by atoms with Crippen LogP contribution in [0.5, 0.6) is 0 Å². The molecule has 4 heterocycles. The Morgan fingerprint density at radius 3 is 2.82 bits per heavy atom. The van der Waals surface area contributed by atoms with Gasteiger partial charge in [0.25, 0.3) is 0 Å². The van der Waals surface area contributed by atoms with Crippen LogP contribution in [0.15, 0.2) is 33.4 Å². The number of Topliss-reactive ketones (excluding diaryl/α,β-unsaturated/α-hetero) is 1. The summed E-state index contributed by atoms with van der Waals surface area (Å²) in [5.41, 5.74) is 12.8. The molecule has 11 nitrogen and oxygen atoms in total. The number of hydrogen-bond donors (Lipinski definition) is 2. The van der Waals surface area contributed by atoms with Gasteiger partial charge in [0.2, 0.25) is 11.5 Å². The van der Waals surface area contributed by atoms with E-state index in [4.69, 9.17) is 24.6 Å². The molecule has 2 aromatic heterocycles. The van der Waals surface area contributed by atoms with E-state index in [9.17, 15) is 9.59 Å². The molecule has 2 aromatic rings. The normalized spacial score (nSPS) is 20.3. The van der Waals surface area contributed by atoms with Gasteiger partial charge in [0, 0.05) is 57.5 Å². The molecule has 1 fully saturated rings. The Labute approximate surface area is 222 Å². The summed E-state index contributed by atoms with van der Waals surface area (Å²) in [5, 5.41) is 1.87. The van der Waals surface area contributed by atoms with Crippen LogP contribution in [0.2, 0.25) is 0 Å². The highest BCUT2D eigenvalue weighted by Gasteiger charge is 2.38. The van der Waals surface area contributed by atoms with Gasteiger partial charge in [0.1, 0.15) is 11.2 Å². The average molecular weight is 525 g/mol. The van der Waals surface area contributed by atoms with Crippen LogP contribution >= 0.6 is 0 Å². The lowest BCUT2D eigenvalue weighted by atomic mass is 9.98. The van der Waals surface area contributed by atoms with Gasteiger partial charge in [-0.05, 0) is 44.7 Å². The van der Waals surface area contributed by atoms with Gasteiger partial charge in [-0.1, -0.05) is 6.92 Å². The van der Waals surface area contributed by atoms with Crippen molar-refractivity contribution in [3.63, 3.8) is 0 Å². The number of allylic oxidation sites excluding steroid dienone is 1. The first-order valence-electron chi connectivity index (χ1n) is 12.9. The molecule has 38 heavy (non-hydrogen) atoms. The van der Waals surface area contributed by atoms with E-state index in [1.165, 1.54) is 17.3 Å². The molecule has 2 atom stereocenters. The second-order valence-electron chi connectivity index (χ2n) is 9.37. The first kappa shape index (κ1) is 27.3. The van der Waals surface area contributed by atoms with E-state index in [0.29, 0.717) is 37.1 Å². The van der Waals surface area contributed by atoms with Gasteiger partial charge in [-0.15, -0.1) is 0 Å². The molecule has 3 N–H and O–H groups in total. The summed E-state index contributed by atoms with van der Waals surface area (Å²) in [6.45, 7) is 6.99. The summed E-state index contributed by atoms with van der Waals surface area (Å²) < 4.78 is 17.6. The van der Waals surface area contributed by atoms with Gasteiger partial charge in [-0.2, -0.15) is 0 Å². The fourth-order valence-electron chi connectivity index (χ4n) is 4.93. The summed E-state index contributed by atoms with van der Waals surface area (Å²) >= 11 is 0. The highest BCUT2D eigenvalue weighted by molar-refractivity contribution is 6.24. The van der Waals surface area contributed by atoms with Crippen LogP contribution in [0.25, 0.3) is 16.7 Å². The Morgan fingerprint density at radius 1 is 1.39 bits per heavy atom. The molecule has 0 bridgehead atoms. The molecule has 0 radical (unpaired) electrons. The van der Waals surface area contributed by atoms with E-state index in [2.05, 4.69) is 10.4 Å². The number of carbonyl (C=O) groups excluding carboxylic acids is 2. The number of amides is 1. The molecule has 1 saturated heterocycles. The number of aromatic nitrogens is 1. The molecule has 0 aliphatic carbocycles. The first-order valence-corrected chi connectivity index (χ1v) is 12.9. The fourth-order valence-corrected chi connectivity index (χ4v) is 4.93. The van der Waals surface area contributed by atoms with E-state index < -0.39 is 11.9 Å². The largest absolute Gasteiger partial charge is 0.449 e. The third-order valence-electron chi connectivity index (χ3n) is 6.78. The number of carbonyl (C=O) groups is 2. The first-order chi connectivity index (χ1) is 18.3. The number of fused-ring (bicyclic) bond motifs is 1. The lowest BCUT2D eigenvalue weighted by Gasteiger charge is -2.36. The SMILES string of the molecule is CCOC(=O)N(c1c(C(=O)C(C=NC)=CN)oc2cc(C)c(C3=CN(C)NC3)nc12)[C@H]1CCO[C@@H](CC)C1. The number of hydrogen-bond acceptors (Lipinski definition) is 10. The van der Waals surface area contributed by atoms with Gasteiger partial charge in [-0.25, -0.2) is 15.2 Å². The van der Waals surface area contributed by atoms with Gasteiger partial charge >= 0.3 is 6.09 Å². The number of ether oxygens (including phenoxy) is 2. The van der Waals surface area contributed by atoms with E-state index >= 15 is 0 Å². The molecule has 0 spiro atoms. The molecule has 11 heteroatoms. The number of nitrogens with two attached hydrogens (primary N) is 1. The summed E-state index contributed by atoms with van der Waals surface area (Å²) in [4.78, 5) is 37.7. The molecular formula is C27H36N6O5. The predicted molar refractivity (Wildman–Crippen MR) is 146 cm³/mol. The van der Waals surface area contributed by atoms with Gasteiger partial charge in [0.15, 0.2) is 5.58 Å². The van der Waals surface area contributed by atoms with Gasteiger partial charge in [-0.3, -0.25) is 14.7 Å². The number of nitrogens with zero attached hydrogens (tertiary/aromatic N) is 4. The minimum Gasteiger partial charge on any atom is -0.449 e. The van der Waals surface area contributed by atoms with E-state index in [1.807, 2.05) is 38.2 Å². The van der Waals surface area contributed by atoms with Crippen LogP contribution in [-0.4, -0.2) is 74.1 Å². The van der Waals surface area contributed by atoms with Crippen molar-refractivity contribution in [2.75, 3.05) is 38.8 Å². The van der Waals surface area contributed by atoms with E-state index in [-0.39, 0.29) is 35.8 Å². The second-order valence-corrected chi connectivity index (χ2v) is 9.37. The van der Waals surface area contributed by atoms with Crippen LogP contribution in [0.3, 0.4) is 0 Å². The van der Waals surface area contributed by atoms with Crippen molar-refractivity contribution in [3.8, 4) is 0 Å². The summed E-state index contributed by atoms with van der Waals surface area (Å²) in [6, 6.07) is 1.56. The molecule has 204 valence electrons. The fraction of sp³-hybridized carbons (Fsp3) is 0.481. The Kier molecular flexibility index (Phi) is 8.48. The smallest absolute Gasteiger partial charge is 0.414 e. The summed E-state index contributed by atoms with van der Waals surface area (Å²) in [7, 11) is 3.46. The third kappa shape index (κ3) is 5.30. The minimum absolute atomic E-state index is 0.0225. The number of anilines is 1. The van der Waals surface area contributed by atoms with Crippen molar-refractivity contribution in [3.05, 3.63) is 41.1 Å². The van der Waals surface area contributed by atoms with Crippen LogP contribution in [0, 0.1) is 6.92 Å². The van der Waals surface area contributed by atoms with Crippen molar-refractivity contribution in [2.45, 2.75) is 52.2 Å². The Bertz CT molecular complexity index is 1300. The lowest BCUT2D eigenvalue weighted by Crippen LogP contribution is -2.46. The van der Waals surface area contributed by atoms with Crippen molar-refractivity contribution < 1.29 is 23.5 Å². The van der Waals surface area contributed by atoms with Crippen LogP contribution in [0.4, 0.5) is 10.5 Å². The molecule has 1 amide bonds. The highest BCUT2D eigenvalue weighted by atomic mass is 16.6. The van der Waals surface area contributed by atoms with E-state index in [1.54, 1.807) is 14.0 Å². The minimum atomic E-state index is -0.571. The third-order valence-corrected chi connectivity index (χ3v) is 6.78. The van der Waals surface area contributed by atoms with Gasteiger partial charge in [0.05, 0.1) is 24.0 Å². The zero-order chi connectivity index (χ0) is 27.4. The number of aliphatic imine (C=N–C) groups is 1. The monoisotopic (exact) mass is 524 g/mol. The Hall–Kier alpha value is -3.70. The van der Waals surface area contributed by atoms with E-state index in [0.717, 1.165) is 23.3 Å². The number of nitrogens with one attached hydrogen (secondary N) is 1. The molecule has 4 rings (SSSR count). The summed E-state index contributed by atoms with van der Waals surface area (Å²) in [6.07, 6.45) is 5.88. The predicted octanol–water partition coefficient (Wildman–Crippen LogP) is 3.57. The maximum absolute atomic E-state index is 13.7. The Morgan fingerprint density at radius 2 is 2.18 bits per heavy atom. The Balaban J connectivity index is 1.98. The maximum Gasteiger partial charge on any atom is 0.414 e. The quantitative estimate of drug-likeness (QED) is 0.302. The topological polar surface area (TPSA) is 136 Å². The molecule has 0 aromatic carbocycles. The molecular weight excluding hydrogens is 488 g/mol. The second kappa shape index (κ2) is 11.8. The zero-order valence-electron chi connectivity index (χ0n) is 22.6. The lowest BCUT2D eigenvalue weighted by molar-refractivity contribution is 0.00467. The molecule has 0 saturated carbocycles. The van der Waals surface area contributed by atoms with Crippen LogP contribution in [0.1, 0.15) is 54.9 Å². The average Bonchev–Trinajstić information content (AvgIpc) is 3.50. The number of pyridine rings is 1. The highest BCUT2D eigenvalue weighted by Crippen LogP contribution is 2.39. The number of hydrazine groups is 1. The number of aryl methyl sites for hydroxylation is 1. The number of furan rings is 1.